The number of benzene rings is 1. The van der Waals surface area contributed by atoms with E-state index in [0.29, 0.717) is 30.4 Å². The number of aromatic nitrogens is 3. The third-order valence-corrected chi connectivity index (χ3v) is 8.25. The molecule has 0 bridgehead atoms. The van der Waals surface area contributed by atoms with Crippen molar-refractivity contribution < 1.29 is 13.2 Å². The summed E-state index contributed by atoms with van der Waals surface area (Å²) in [5.41, 5.74) is 2.87. The summed E-state index contributed by atoms with van der Waals surface area (Å²) in [6, 6.07) is 11.4. The van der Waals surface area contributed by atoms with Crippen LogP contribution in [0.2, 0.25) is 0 Å². The van der Waals surface area contributed by atoms with E-state index in [1.165, 1.54) is 33.9 Å². The Morgan fingerprint density at radius 3 is 2.28 bits per heavy atom. The van der Waals surface area contributed by atoms with Crippen LogP contribution in [-0.2, 0) is 27.8 Å². The maximum absolute atomic E-state index is 12.8. The van der Waals surface area contributed by atoms with Gasteiger partial charge in [0, 0.05) is 32.9 Å². The monoisotopic (exact) mass is 475 g/mol. The van der Waals surface area contributed by atoms with Crippen molar-refractivity contribution in [3.8, 4) is 0 Å². The Morgan fingerprint density at radius 1 is 1.00 bits per heavy atom. The van der Waals surface area contributed by atoms with Gasteiger partial charge >= 0.3 is 0 Å². The van der Waals surface area contributed by atoms with Gasteiger partial charge in [-0.25, -0.2) is 8.42 Å². The highest BCUT2D eigenvalue weighted by Crippen LogP contribution is 2.22. The van der Waals surface area contributed by atoms with E-state index in [0.717, 1.165) is 12.0 Å². The highest BCUT2D eigenvalue weighted by molar-refractivity contribution is 7.99. The predicted octanol–water partition coefficient (Wildman–Crippen LogP) is 3.07. The van der Waals surface area contributed by atoms with Crippen LogP contribution < -0.4 is 0 Å². The number of hydrogen-bond acceptors (Lipinski definition) is 6. The van der Waals surface area contributed by atoms with Gasteiger partial charge in [0.05, 0.1) is 10.6 Å². The fraction of sp³-hybridized carbons (Fsp3) is 0.409. The van der Waals surface area contributed by atoms with Crippen molar-refractivity contribution in [2.24, 2.45) is 0 Å². The minimum atomic E-state index is -3.60. The lowest BCUT2D eigenvalue weighted by atomic mass is 10.1. The van der Waals surface area contributed by atoms with Crippen molar-refractivity contribution in [2.45, 2.75) is 43.8 Å². The Kier molecular flexibility index (Phi) is 7.91. The first-order chi connectivity index (χ1) is 15.3. The van der Waals surface area contributed by atoms with Gasteiger partial charge in [-0.05, 0) is 29.7 Å². The average molecular weight is 476 g/mol. The summed E-state index contributed by atoms with van der Waals surface area (Å²) in [5, 5.41) is 8.70. The zero-order valence-electron chi connectivity index (χ0n) is 18.9. The molecule has 2 heterocycles. The van der Waals surface area contributed by atoms with Crippen molar-refractivity contribution in [3.05, 3.63) is 53.7 Å². The standard InChI is InChI=1S/C22H29N5O3S2/c1-5-17-8-10-18(11-9-17)14-25(4)21(28)16-31-22-24-23-20-13-12-19(15-27(20)22)32(29,30)26(6-2)7-3/h8-13,15H,5-7,14,16H2,1-4H3. The molecule has 1 amide bonds. The summed E-state index contributed by atoms with van der Waals surface area (Å²) < 4.78 is 28.7. The van der Waals surface area contributed by atoms with Crippen molar-refractivity contribution >= 4 is 33.3 Å². The molecule has 0 fully saturated rings. The quantitative estimate of drug-likeness (QED) is 0.419. The molecule has 2 aromatic heterocycles. The Morgan fingerprint density at radius 2 is 1.66 bits per heavy atom. The molecule has 10 heteroatoms. The number of sulfonamides is 1. The molecule has 3 aromatic rings. The number of rotatable bonds is 10. The zero-order chi connectivity index (χ0) is 23.3. The van der Waals surface area contributed by atoms with Crippen LogP contribution in [0.4, 0.5) is 0 Å². The van der Waals surface area contributed by atoms with Crippen LogP contribution in [0.1, 0.15) is 31.9 Å². The van der Waals surface area contributed by atoms with Gasteiger partial charge < -0.3 is 4.90 Å². The molecule has 32 heavy (non-hydrogen) atoms. The number of thioether (sulfide) groups is 1. The number of hydrogen-bond donors (Lipinski definition) is 0. The predicted molar refractivity (Wildman–Crippen MR) is 126 cm³/mol. The summed E-state index contributed by atoms with van der Waals surface area (Å²) in [4.78, 5) is 14.5. The van der Waals surface area contributed by atoms with E-state index in [1.807, 2.05) is 12.1 Å². The van der Waals surface area contributed by atoms with Gasteiger partial charge in [0.25, 0.3) is 0 Å². The maximum atomic E-state index is 12.8. The largest absolute Gasteiger partial charge is 0.341 e. The molecule has 0 spiro atoms. The van der Waals surface area contributed by atoms with Crippen LogP contribution in [0.3, 0.4) is 0 Å². The van der Waals surface area contributed by atoms with Crippen LogP contribution in [0.15, 0.2) is 52.6 Å². The number of carbonyl (C=O) groups is 1. The summed E-state index contributed by atoms with van der Waals surface area (Å²) in [5.74, 6) is 0.135. The number of nitrogens with zero attached hydrogens (tertiary/aromatic N) is 5. The second-order valence-electron chi connectivity index (χ2n) is 7.37. The Labute approximate surface area is 193 Å². The normalized spacial score (nSPS) is 11.9. The van der Waals surface area contributed by atoms with Crippen LogP contribution in [0.25, 0.3) is 5.65 Å². The molecule has 1 aromatic carbocycles. The molecule has 0 saturated carbocycles. The lowest BCUT2D eigenvalue weighted by Gasteiger charge is -2.18. The van der Waals surface area contributed by atoms with Gasteiger partial charge in [-0.2, -0.15) is 4.31 Å². The van der Waals surface area contributed by atoms with Crippen LogP contribution in [-0.4, -0.2) is 64.0 Å². The minimum Gasteiger partial charge on any atom is -0.341 e. The number of amides is 1. The molecule has 0 N–H and O–H groups in total. The summed E-state index contributed by atoms with van der Waals surface area (Å²) in [6.45, 7) is 7.03. The Bertz CT molecular complexity index is 1170. The summed E-state index contributed by atoms with van der Waals surface area (Å²) in [7, 11) is -1.83. The molecule has 0 aliphatic heterocycles. The topological polar surface area (TPSA) is 87.9 Å². The first-order valence-electron chi connectivity index (χ1n) is 10.6. The number of fused-ring (bicyclic) bond motifs is 1. The van der Waals surface area contributed by atoms with E-state index < -0.39 is 10.0 Å². The second kappa shape index (κ2) is 10.5. The summed E-state index contributed by atoms with van der Waals surface area (Å²) >= 11 is 1.24. The average Bonchev–Trinajstić information content (AvgIpc) is 3.20. The fourth-order valence-corrected chi connectivity index (χ4v) is 5.61. The molecule has 0 saturated heterocycles. The highest BCUT2D eigenvalue weighted by Gasteiger charge is 2.23. The lowest BCUT2D eigenvalue weighted by Crippen LogP contribution is -2.30. The molecule has 0 aliphatic carbocycles. The van der Waals surface area contributed by atoms with E-state index in [1.54, 1.807) is 36.3 Å². The van der Waals surface area contributed by atoms with Gasteiger partial charge in [-0.3, -0.25) is 9.20 Å². The Balaban J connectivity index is 1.71. The molecule has 0 atom stereocenters. The molecule has 172 valence electrons. The molecular weight excluding hydrogens is 446 g/mol. The van der Waals surface area contributed by atoms with E-state index in [2.05, 4.69) is 29.3 Å². The minimum absolute atomic E-state index is 0.0433. The van der Waals surface area contributed by atoms with Gasteiger partial charge in [0.15, 0.2) is 10.8 Å². The SMILES string of the molecule is CCc1ccc(CN(C)C(=O)CSc2nnc3ccc(S(=O)(=O)N(CC)CC)cn23)cc1. The second-order valence-corrected chi connectivity index (χ2v) is 10.3. The third kappa shape index (κ3) is 5.31. The van der Waals surface area contributed by atoms with Crippen LogP contribution in [0, 0.1) is 0 Å². The fourth-order valence-electron chi connectivity index (χ4n) is 3.29. The smallest absolute Gasteiger partial charge is 0.244 e. The van der Waals surface area contributed by atoms with Gasteiger partial charge in [-0.1, -0.05) is 56.8 Å². The number of carbonyl (C=O) groups excluding carboxylic acids is 1. The lowest BCUT2D eigenvalue weighted by molar-refractivity contribution is -0.127. The van der Waals surface area contributed by atoms with E-state index in [9.17, 15) is 13.2 Å². The molecular formula is C22H29N5O3S2. The van der Waals surface area contributed by atoms with E-state index in [-0.39, 0.29) is 16.6 Å². The van der Waals surface area contributed by atoms with Crippen LogP contribution >= 0.6 is 11.8 Å². The van der Waals surface area contributed by atoms with E-state index >= 15 is 0 Å². The van der Waals surface area contributed by atoms with Crippen molar-refractivity contribution in [3.63, 3.8) is 0 Å². The molecule has 3 rings (SSSR count). The molecule has 0 aliphatic rings. The number of aryl methyl sites for hydroxylation is 1. The molecule has 0 unspecified atom stereocenters. The van der Waals surface area contributed by atoms with Gasteiger partial charge in [0.2, 0.25) is 15.9 Å². The van der Waals surface area contributed by atoms with Gasteiger partial charge in [0.1, 0.15) is 0 Å². The maximum Gasteiger partial charge on any atom is 0.244 e. The first kappa shape index (κ1) is 24.2. The van der Waals surface area contributed by atoms with E-state index in [4.69, 9.17) is 0 Å². The number of pyridine rings is 1. The molecule has 8 nitrogen and oxygen atoms in total. The van der Waals surface area contributed by atoms with Crippen molar-refractivity contribution in [1.82, 2.24) is 23.8 Å². The highest BCUT2D eigenvalue weighted by atomic mass is 32.2. The van der Waals surface area contributed by atoms with Gasteiger partial charge in [-0.15, -0.1) is 10.2 Å². The first-order valence-corrected chi connectivity index (χ1v) is 13.0. The summed E-state index contributed by atoms with van der Waals surface area (Å²) in [6.07, 6.45) is 2.50. The van der Waals surface area contributed by atoms with Crippen LogP contribution in [0.5, 0.6) is 0 Å². The molecule has 0 radical (unpaired) electrons. The Hall–Kier alpha value is -2.43. The third-order valence-electron chi connectivity index (χ3n) is 5.29. The van der Waals surface area contributed by atoms with Crippen molar-refractivity contribution in [2.75, 3.05) is 25.9 Å². The zero-order valence-corrected chi connectivity index (χ0v) is 20.5. The van der Waals surface area contributed by atoms with Crippen molar-refractivity contribution in [1.29, 1.82) is 0 Å².